The third-order valence-electron chi connectivity index (χ3n) is 3.52. The maximum Gasteiger partial charge on any atom is 0.261 e. The monoisotopic (exact) mass is 313 g/mol. The third kappa shape index (κ3) is 3.41. The molecule has 0 aliphatic carbocycles. The van der Waals surface area contributed by atoms with Crippen LogP contribution in [0.3, 0.4) is 0 Å². The van der Waals surface area contributed by atoms with Crippen LogP contribution in [0.15, 0.2) is 0 Å². The number of thiophene rings is 1. The Morgan fingerprint density at radius 1 is 1.38 bits per heavy atom. The second-order valence-electron chi connectivity index (χ2n) is 5.43. The van der Waals surface area contributed by atoms with Gasteiger partial charge < -0.3 is 25.8 Å². The molecule has 1 fully saturated rings. The second-order valence-corrected chi connectivity index (χ2v) is 6.43. The summed E-state index contributed by atoms with van der Waals surface area (Å²) in [4.78, 5) is 14.1. The van der Waals surface area contributed by atoms with E-state index in [1.165, 1.54) is 11.3 Å². The van der Waals surface area contributed by atoms with Gasteiger partial charge in [-0.15, -0.1) is 11.3 Å². The number of carbonyl (C=O) groups is 1. The number of nitrogen functional groups attached to an aromatic ring is 1. The number of carbonyl (C=O) groups excluding carboxylic acids is 1. The highest BCUT2D eigenvalue weighted by atomic mass is 32.1. The van der Waals surface area contributed by atoms with Gasteiger partial charge in [0, 0.05) is 20.2 Å². The fourth-order valence-corrected chi connectivity index (χ4v) is 3.51. The average Bonchev–Trinajstić information content (AvgIpc) is 2.76. The van der Waals surface area contributed by atoms with E-state index in [9.17, 15) is 4.79 Å². The van der Waals surface area contributed by atoms with Crippen LogP contribution in [0.4, 0.5) is 10.7 Å². The van der Waals surface area contributed by atoms with Gasteiger partial charge in [-0.25, -0.2) is 0 Å². The molecule has 0 aromatic carbocycles. The van der Waals surface area contributed by atoms with Gasteiger partial charge in [-0.05, 0) is 26.7 Å². The predicted octanol–water partition coefficient (Wildman–Crippen LogP) is 1.83. The van der Waals surface area contributed by atoms with Crippen LogP contribution in [-0.4, -0.2) is 38.3 Å². The molecule has 6 nitrogen and oxygen atoms in total. The lowest BCUT2D eigenvalue weighted by atomic mass is 10.1. The van der Waals surface area contributed by atoms with Crippen LogP contribution in [0.25, 0.3) is 0 Å². The Morgan fingerprint density at radius 3 is 2.48 bits per heavy atom. The summed E-state index contributed by atoms with van der Waals surface area (Å²) in [6.45, 7) is 5.57. The van der Waals surface area contributed by atoms with Gasteiger partial charge in [0.25, 0.3) is 5.91 Å². The Bertz CT molecular complexity index is 508. The SMILES string of the molecule is COC1CCN(c2sc(C(N)=O)c(N)c2OC(C)C)CC1. The minimum Gasteiger partial charge on any atom is -0.486 e. The number of amides is 1. The molecule has 1 aromatic heterocycles. The number of rotatable bonds is 5. The highest BCUT2D eigenvalue weighted by Gasteiger charge is 2.28. The number of anilines is 2. The average molecular weight is 313 g/mol. The van der Waals surface area contributed by atoms with Gasteiger partial charge in [-0.3, -0.25) is 4.79 Å². The van der Waals surface area contributed by atoms with Crippen molar-refractivity contribution < 1.29 is 14.3 Å². The van der Waals surface area contributed by atoms with Crippen LogP contribution in [0.1, 0.15) is 36.4 Å². The number of nitrogens with two attached hydrogens (primary N) is 2. The number of primary amides is 1. The Hall–Kier alpha value is -1.47. The van der Waals surface area contributed by atoms with Crippen molar-refractivity contribution >= 4 is 27.9 Å². The summed E-state index contributed by atoms with van der Waals surface area (Å²) in [7, 11) is 1.74. The van der Waals surface area contributed by atoms with Gasteiger partial charge in [0.05, 0.1) is 12.2 Å². The van der Waals surface area contributed by atoms with E-state index in [0.29, 0.717) is 22.4 Å². The molecule has 2 heterocycles. The van der Waals surface area contributed by atoms with Gasteiger partial charge in [0.2, 0.25) is 0 Å². The predicted molar refractivity (Wildman–Crippen MR) is 85.3 cm³/mol. The number of nitrogens with zero attached hydrogens (tertiary/aromatic N) is 1. The fraction of sp³-hybridized carbons (Fsp3) is 0.643. The molecule has 1 amide bonds. The molecule has 0 unspecified atom stereocenters. The van der Waals surface area contributed by atoms with Gasteiger partial charge in [0.15, 0.2) is 5.75 Å². The molecule has 1 saturated heterocycles. The molecule has 2 rings (SSSR count). The maximum absolute atomic E-state index is 11.5. The number of piperidine rings is 1. The van der Waals surface area contributed by atoms with Crippen molar-refractivity contribution in [2.45, 2.75) is 38.9 Å². The first-order chi connectivity index (χ1) is 9.93. The van der Waals surface area contributed by atoms with Crippen molar-refractivity contribution in [2.75, 3.05) is 30.8 Å². The van der Waals surface area contributed by atoms with Gasteiger partial charge >= 0.3 is 0 Å². The quantitative estimate of drug-likeness (QED) is 0.865. The second kappa shape index (κ2) is 6.53. The molecule has 118 valence electrons. The Kier molecular flexibility index (Phi) is 4.95. The van der Waals surface area contributed by atoms with Crippen molar-refractivity contribution in [2.24, 2.45) is 5.73 Å². The van der Waals surface area contributed by atoms with E-state index in [4.69, 9.17) is 20.9 Å². The standard InChI is InChI=1S/C14H23N3O3S/c1-8(2)20-11-10(15)12(13(16)18)21-14(11)17-6-4-9(19-3)5-7-17/h8-9H,4-7,15H2,1-3H3,(H2,16,18). The van der Waals surface area contributed by atoms with Crippen LogP contribution in [-0.2, 0) is 4.74 Å². The first-order valence-corrected chi connectivity index (χ1v) is 7.92. The molecule has 7 heteroatoms. The minimum absolute atomic E-state index is 0.0158. The summed E-state index contributed by atoms with van der Waals surface area (Å²) in [6.07, 6.45) is 2.17. The Balaban J connectivity index is 2.29. The number of methoxy groups -OCH3 is 1. The zero-order valence-corrected chi connectivity index (χ0v) is 13.5. The summed E-state index contributed by atoms with van der Waals surface area (Å²) < 4.78 is 11.2. The van der Waals surface area contributed by atoms with Crippen molar-refractivity contribution in [1.29, 1.82) is 0 Å². The first kappa shape index (κ1) is 15.9. The normalized spacial score (nSPS) is 16.5. The van der Waals surface area contributed by atoms with Gasteiger partial charge in [-0.2, -0.15) is 0 Å². The molecular weight excluding hydrogens is 290 g/mol. The van der Waals surface area contributed by atoms with E-state index < -0.39 is 5.91 Å². The molecule has 0 bridgehead atoms. The smallest absolute Gasteiger partial charge is 0.261 e. The zero-order chi connectivity index (χ0) is 15.6. The van der Waals surface area contributed by atoms with E-state index >= 15 is 0 Å². The van der Waals surface area contributed by atoms with Crippen molar-refractivity contribution in [1.82, 2.24) is 0 Å². The molecule has 21 heavy (non-hydrogen) atoms. The summed E-state index contributed by atoms with van der Waals surface area (Å²) in [5.41, 5.74) is 11.8. The molecule has 1 aliphatic rings. The molecule has 0 atom stereocenters. The number of ether oxygens (including phenoxy) is 2. The van der Waals surface area contributed by atoms with Crippen LogP contribution < -0.4 is 21.1 Å². The number of hydrogen-bond acceptors (Lipinski definition) is 6. The van der Waals surface area contributed by atoms with E-state index in [-0.39, 0.29) is 6.10 Å². The van der Waals surface area contributed by atoms with Crippen LogP contribution in [0.5, 0.6) is 5.75 Å². The Labute approximate surface area is 129 Å². The van der Waals surface area contributed by atoms with Crippen LogP contribution >= 0.6 is 11.3 Å². The Morgan fingerprint density at radius 2 is 2.00 bits per heavy atom. The van der Waals surface area contributed by atoms with Gasteiger partial charge in [0.1, 0.15) is 15.6 Å². The van der Waals surface area contributed by atoms with Crippen molar-refractivity contribution in [3.8, 4) is 5.75 Å². The lowest BCUT2D eigenvalue weighted by molar-refractivity contribution is 0.0819. The highest BCUT2D eigenvalue weighted by Crippen LogP contribution is 2.46. The van der Waals surface area contributed by atoms with E-state index in [1.54, 1.807) is 7.11 Å². The van der Waals surface area contributed by atoms with Gasteiger partial charge in [-0.1, -0.05) is 0 Å². The summed E-state index contributed by atoms with van der Waals surface area (Å²) in [6, 6.07) is 0. The van der Waals surface area contributed by atoms with Crippen LogP contribution in [0.2, 0.25) is 0 Å². The largest absolute Gasteiger partial charge is 0.486 e. The summed E-state index contributed by atoms with van der Waals surface area (Å²) in [5, 5.41) is 0.893. The minimum atomic E-state index is -0.510. The van der Waals surface area contributed by atoms with E-state index in [2.05, 4.69) is 4.90 Å². The fourth-order valence-electron chi connectivity index (χ4n) is 2.45. The van der Waals surface area contributed by atoms with E-state index in [1.807, 2.05) is 13.8 Å². The third-order valence-corrected chi connectivity index (χ3v) is 4.78. The maximum atomic E-state index is 11.5. The lowest BCUT2D eigenvalue weighted by Gasteiger charge is -2.32. The summed E-state index contributed by atoms with van der Waals surface area (Å²) >= 11 is 1.31. The van der Waals surface area contributed by atoms with Crippen molar-refractivity contribution in [3.05, 3.63) is 4.88 Å². The molecule has 1 aliphatic heterocycles. The zero-order valence-electron chi connectivity index (χ0n) is 12.7. The number of hydrogen-bond donors (Lipinski definition) is 2. The molecule has 0 radical (unpaired) electrons. The van der Waals surface area contributed by atoms with Crippen molar-refractivity contribution in [3.63, 3.8) is 0 Å². The molecular formula is C14H23N3O3S. The molecule has 0 spiro atoms. The molecule has 1 aromatic rings. The van der Waals surface area contributed by atoms with Crippen LogP contribution in [0, 0.1) is 0 Å². The topological polar surface area (TPSA) is 90.8 Å². The molecule has 4 N–H and O–H groups in total. The summed E-state index contributed by atoms with van der Waals surface area (Å²) in [5.74, 6) is 0.0730. The molecule has 0 saturated carbocycles. The van der Waals surface area contributed by atoms with E-state index in [0.717, 1.165) is 30.9 Å². The first-order valence-electron chi connectivity index (χ1n) is 7.10. The lowest BCUT2D eigenvalue weighted by Crippen LogP contribution is -2.36. The highest BCUT2D eigenvalue weighted by molar-refractivity contribution is 7.19.